The Balaban J connectivity index is 3.59. The van der Waals surface area contributed by atoms with Crippen LogP contribution in [0.4, 0.5) is 0 Å². The van der Waals surface area contributed by atoms with Gasteiger partial charge in [-0.2, -0.15) is 5.10 Å². The molecule has 0 saturated carbocycles. The van der Waals surface area contributed by atoms with Crippen LogP contribution in [0.15, 0.2) is 5.10 Å². The normalized spacial score (nSPS) is 15.7. The smallest absolute Gasteiger partial charge is 0.0540 e. The van der Waals surface area contributed by atoms with Crippen molar-refractivity contribution in [2.24, 2.45) is 16.9 Å². The number of nitrogens with zero attached hydrogens (tertiary/aromatic N) is 1. The lowest BCUT2D eigenvalue weighted by Crippen LogP contribution is -2.14. The van der Waals surface area contributed by atoms with E-state index < -0.39 is 0 Å². The quantitative estimate of drug-likeness (QED) is 0.345. The molecule has 0 rings (SSSR count). The van der Waals surface area contributed by atoms with Crippen molar-refractivity contribution < 1.29 is 4.74 Å². The van der Waals surface area contributed by atoms with Crippen LogP contribution in [0.3, 0.4) is 0 Å². The summed E-state index contributed by atoms with van der Waals surface area (Å²) in [5.41, 5.74) is 0.928. The van der Waals surface area contributed by atoms with Crippen LogP contribution in [0, 0.1) is 5.92 Å². The van der Waals surface area contributed by atoms with Crippen LogP contribution < -0.4 is 5.84 Å². The fourth-order valence-corrected chi connectivity index (χ4v) is 0.498. The van der Waals surface area contributed by atoms with Gasteiger partial charge in [-0.1, -0.05) is 6.92 Å². The van der Waals surface area contributed by atoms with Gasteiger partial charge in [-0.25, -0.2) is 0 Å². The number of methoxy groups -OCH3 is 1. The number of hydrogen-bond donors (Lipinski definition) is 1. The summed E-state index contributed by atoms with van der Waals surface area (Å²) >= 11 is 0. The minimum Gasteiger partial charge on any atom is -0.384 e. The molecule has 0 aromatic rings. The van der Waals surface area contributed by atoms with E-state index in [1.807, 2.05) is 13.8 Å². The van der Waals surface area contributed by atoms with E-state index in [1.54, 1.807) is 7.11 Å². The molecule has 0 bridgehead atoms. The number of hydrazone groups is 1. The van der Waals surface area contributed by atoms with Gasteiger partial charge >= 0.3 is 0 Å². The van der Waals surface area contributed by atoms with Gasteiger partial charge in [0.05, 0.1) is 6.61 Å². The molecule has 0 aromatic heterocycles. The summed E-state index contributed by atoms with van der Waals surface area (Å²) in [6, 6.07) is 0. The standard InChI is InChI=1S/C6H14N2O/c1-5(4-9-3)6(2)8-7/h5H,4,7H2,1-3H3/b8-6+. The lowest BCUT2D eigenvalue weighted by Gasteiger charge is -2.06. The third-order valence-electron chi connectivity index (χ3n) is 1.33. The Labute approximate surface area is 55.9 Å². The predicted octanol–water partition coefficient (Wildman–Crippen LogP) is 0.604. The summed E-state index contributed by atoms with van der Waals surface area (Å²) in [5.74, 6) is 5.37. The maximum atomic E-state index is 5.04. The number of nitrogens with two attached hydrogens (primary N) is 1. The predicted molar refractivity (Wildman–Crippen MR) is 38.3 cm³/mol. The highest BCUT2D eigenvalue weighted by Crippen LogP contribution is 1.96. The lowest BCUT2D eigenvalue weighted by atomic mass is 10.1. The molecular formula is C6H14N2O. The molecule has 0 amide bonds. The zero-order valence-corrected chi connectivity index (χ0v) is 6.22. The van der Waals surface area contributed by atoms with Gasteiger partial charge in [0.2, 0.25) is 0 Å². The molecule has 0 aliphatic rings. The third-order valence-corrected chi connectivity index (χ3v) is 1.33. The zero-order valence-electron chi connectivity index (χ0n) is 6.22. The summed E-state index contributed by atoms with van der Waals surface area (Å²) in [6.45, 7) is 4.60. The molecule has 3 heteroatoms. The van der Waals surface area contributed by atoms with E-state index >= 15 is 0 Å². The first-order chi connectivity index (χ1) is 4.22. The van der Waals surface area contributed by atoms with E-state index in [2.05, 4.69) is 5.10 Å². The average molecular weight is 130 g/mol. The van der Waals surface area contributed by atoms with Gasteiger partial charge in [-0.15, -0.1) is 0 Å². The Hall–Kier alpha value is -0.570. The van der Waals surface area contributed by atoms with Crippen LogP contribution in [0.5, 0.6) is 0 Å². The minimum atomic E-state index is 0.333. The van der Waals surface area contributed by atoms with Crippen LogP contribution in [-0.2, 0) is 4.74 Å². The summed E-state index contributed by atoms with van der Waals surface area (Å²) in [6.07, 6.45) is 0. The van der Waals surface area contributed by atoms with Crippen molar-refractivity contribution in [1.29, 1.82) is 0 Å². The Morgan fingerprint density at radius 1 is 1.78 bits per heavy atom. The van der Waals surface area contributed by atoms with Crippen LogP contribution in [0.1, 0.15) is 13.8 Å². The van der Waals surface area contributed by atoms with Gasteiger partial charge in [-0.3, -0.25) is 0 Å². The average Bonchev–Trinajstić information content (AvgIpc) is 1.87. The fraction of sp³-hybridized carbons (Fsp3) is 0.833. The monoisotopic (exact) mass is 130 g/mol. The van der Waals surface area contributed by atoms with E-state index in [9.17, 15) is 0 Å². The van der Waals surface area contributed by atoms with Crippen LogP contribution >= 0.6 is 0 Å². The van der Waals surface area contributed by atoms with Crippen LogP contribution in [-0.4, -0.2) is 19.4 Å². The van der Waals surface area contributed by atoms with Gasteiger partial charge < -0.3 is 10.6 Å². The van der Waals surface area contributed by atoms with Crippen LogP contribution in [0.25, 0.3) is 0 Å². The molecule has 0 aliphatic heterocycles. The molecule has 54 valence electrons. The molecule has 1 atom stereocenters. The van der Waals surface area contributed by atoms with Crippen molar-refractivity contribution in [2.45, 2.75) is 13.8 Å². The summed E-state index contributed by atoms with van der Waals surface area (Å²) in [7, 11) is 1.67. The summed E-state index contributed by atoms with van der Waals surface area (Å²) in [4.78, 5) is 0. The minimum absolute atomic E-state index is 0.333. The van der Waals surface area contributed by atoms with Gasteiger partial charge in [-0.05, 0) is 6.92 Å². The SMILES string of the molecule is COCC(C)/C(C)=N/N. The Morgan fingerprint density at radius 2 is 2.33 bits per heavy atom. The number of ether oxygens (including phenoxy) is 1. The second-order valence-corrected chi connectivity index (χ2v) is 2.13. The molecule has 0 heterocycles. The molecule has 0 aromatic carbocycles. The zero-order chi connectivity index (χ0) is 7.28. The highest BCUT2D eigenvalue weighted by molar-refractivity contribution is 5.83. The van der Waals surface area contributed by atoms with E-state index in [0.29, 0.717) is 12.5 Å². The molecule has 9 heavy (non-hydrogen) atoms. The first-order valence-corrected chi connectivity index (χ1v) is 2.95. The number of hydrogen-bond acceptors (Lipinski definition) is 3. The molecule has 3 nitrogen and oxygen atoms in total. The number of rotatable bonds is 3. The Morgan fingerprint density at radius 3 is 2.67 bits per heavy atom. The summed E-state index contributed by atoms with van der Waals surface area (Å²) in [5, 5.41) is 3.54. The molecule has 0 spiro atoms. The highest BCUT2D eigenvalue weighted by atomic mass is 16.5. The first kappa shape index (κ1) is 8.43. The maximum Gasteiger partial charge on any atom is 0.0540 e. The lowest BCUT2D eigenvalue weighted by molar-refractivity contribution is 0.181. The first-order valence-electron chi connectivity index (χ1n) is 2.95. The fourth-order valence-electron chi connectivity index (χ4n) is 0.498. The van der Waals surface area contributed by atoms with E-state index in [0.717, 1.165) is 5.71 Å². The second-order valence-electron chi connectivity index (χ2n) is 2.13. The van der Waals surface area contributed by atoms with E-state index in [-0.39, 0.29) is 0 Å². The molecule has 0 saturated heterocycles. The molecule has 2 N–H and O–H groups in total. The Bertz CT molecular complexity index is 101. The van der Waals surface area contributed by atoms with Gasteiger partial charge in [0.15, 0.2) is 0 Å². The van der Waals surface area contributed by atoms with E-state index in [1.165, 1.54) is 0 Å². The molecule has 0 aliphatic carbocycles. The van der Waals surface area contributed by atoms with Gasteiger partial charge in [0, 0.05) is 18.7 Å². The third kappa shape index (κ3) is 3.08. The van der Waals surface area contributed by atoms with Gasteiger partial charge in [0.25, 0.3) is 0 Å². The van der Waals surface area contributed by atoms with Crippen molar-refractivity contribution in [3.63, 3.8) is 0 Å². The highest BCUT2D eigenvalue weighted by Gasteiger charge is 2.02. The van der Waals surface area contributed by atoms with Crippen LogP contribution in [0.2, 0.25) is 0 Å². The van der Waals surface area contributed by atoms with E-state index in [4.69, 9.17) is 10.6 Å². The van der Waals surface area contributed by atoms with Crippen molar-refractivity contribution in [3.05, 3.63) is 0 Å². The maximum absolute atomic E-state index is 5.04. The second kappa shape index (κ2) is 4.32. The van der Waals surface area contributed by atoms with Crippen molar-refractivity contribution in [2.75, 3.05) is 13.7 Å². The molecule has 0 fully saturated rings. The summed E-state index contributed by atoms with van der Waals surface area (Å²) < 4.78 is 4.89. The molecule has 1 unspecified atom stereocenters. The topological polar surface area (TPSA) is 47.6 Å². The van der Waals surface area contributed by atoms with Gasteiger partial charge in [0.1, 0.15) is 0 Å². The Kier molecular flexibility index (Phi) is 4.05. The van der Waals surface area contributed by atoms with Crippen molar-refractivity contribution >= 4 is 5.71 Å². The molecule has 0 radical (unpaired) electrons. The van der Waals surface area contributed by atoms with Crippen molar-refractivity contribution in [3.8, 4) is 0 Å². The van der Waals surface area contributed by atoms with Crippen molar-refractivity contribution in [1.82, 2.24) is 0 Å². The largest absolute Gasteiger partial charge is 0.384 e. The molecular weight excluding hydrogens is 116 g/mol.